The Labute approximate surface area is 119 Å². The molecule has 0 saturated heterocycles. The molecule has 0 heterocycles. The minimum atomic E-state index is -0.948. The summed E-state index contributed by atoms with van der Waals surface area (Å²) >= 11 is 1.67. The summed E-state index contributed by atoms with van der Waals surface area (Å²) in [5, 5.41) is 17.7. The second kappa shape index (κ2) is 7.86. The monoisotopic (exact) mass is 296 g/mol. The third kappa shape index (κ3) is 5.81. The van der Waals surface area contributed by atoms with Gasteiger partial charge in [-0.15, -0.1) is 11.8 Å². The van der Waals surface area contributed by atoms with E-state index in [1.54, 1.807) is 42.3 Å². The Morgan fingerprint density at radius 1 is 0.895 bits per heavy atom. The summed E-state index contributed by atoms with van der Waals surface area (Å²) in [5.74, 6) is 0.530. The quantitative estimate of drug-likeness (QED) is 0.835. The van der Waals surface area contributed by atoms with Gasteiger partial charge in [-0.2, -0.15) is 0 Å². The van der Waals surface area contributed by atoms with Crippen LogP contribution in [-0.2, 0) is 10.8 Å². The summed E-state index contributed by atoms with van der Waals surface area (Å²) in [6.07, 6.45) is 3.61. The summed E-state index contributed by atoms with van der Waals surface area (Å²) in [6.45, 7) is 0. The SMILES string of the molecule is CS(=O)c1ccc(O)cc1.CSc1ccc(O)cc1. The van der Waals surface area contributed by atoms with E-state index in [0.717, 1.165) is 4.90 Å². The van der Waals surface area contributed by atoms with E-state index in [9.17, 15) is 4.21 Å². The number of hydrogen-bond donors (Lipinski definition) is 2. The normalized spacial score (nSPS) is 11.3. The Bertz CT molecular complexity index is 521. The summed E-state index contributed by atoms with van der Waals surface area (Å²) in [6, 6.07) is 13.5. The molecule has 2 rings (SSSR count). The molecule has 3 nitrogen and oxygen atoms in total. The molecule has 0 saturated carbocycles. The van der Waals surface area contributed by atoms with Crippen LogP contribution in [0.15, 0.2) is 58.3 Å². The molecule has 1 unspecified atom stereocenters. The second-order valence-electron chi connectivity index (χ2n) is 3.65. The predicted octanol–water partition coefficient (Wildman–Crippen LogP) is 3.24. The fourth-order valence-corrected chi connectivity index (χ4v) is 2.15. The molecule has 0 spiro atoms. The van der Waals surface area contributed by atoms with Crippen molar-refractivity contribution in [3.05, 3.63) is 48.5 Å². The van der Waals surface area contributed by atoms with Gasteiger partial charge in [0.15, 0.2) is 0 Å². The van der Waals surface area contributed by atoms with Gasteiger partial charge in [0.1, 0.15) is 11.5 Å². The molecule has 0 fully saturated rings. The zero-order valence-electron chi connectivity index (χ0n) is 10.7. The molecule has 0 aromatic heterocycles. The van der Waals surface area contributed by atoms with Crippen LogP contribution in [-0.4, -0.2) is 26.9 Å². The third-order valence-corrected chi connectivity index (χ3v) is 3.92. The fraction of sp³-hybridized carbons (Fsp3) is 0.143. The van der Waals surface area contributed by atoms with Gasteiger partial charge in [0.2, 0.25) is 0 Å². The molecule has 0 amide bonds. The lowest BCUT2D eigenvalue weighted by Gasteiger charge is -1.94. The highest BCUT2D eigenvalue weighted by Crippen LogP contribution is 2.17. The van der Waals surface area contributed by atoms with E-state index in [0.29, 0.717) is 5.75 Å². The number of hydrogen-bond acceptors (Lipinski definition) is 4. The van der Waals surface area contributed by atoms with Crippen LogP contribution in [0.1, 0.15) is 0 Å². The summed E-state index contributed by atoms with van der Waals surface area (Å²) in [7, 11) is -0.948. The Morgan fingerprint density at radius 3 is 1.68 bits per heavy atom. The van der Waals surface area contributed by atoms with Crippen molar-refractivity contribution in [2.75, 3.05) is 12.5 Å². The van der Waals surface area contributed by atoms with E-state index in [1.807, 2.05) is 18.4 Å². The van der Waals surface area contributed by atoms with Crippen LogP contribution in [0.5, 0.6) is 11.5 Å². The van der Waals surface area contributed by atoms with Crippen LogP contribution in [0.4, 0.5) is 0 Å². The Kier molecular flexibility index (Phi) is 6.45. The molecule has 0 bridgehead atoms. The van der Waals surface area contributed by atoms with E-state index in [2.05, 4.69) is 0 Å². The summed E-state index contributed by atoms with van der Waals surface area (Å²) < 4.78 is 10.8. The van der Waals surface area contributed by atoms with Crippen molar-refractivity contribution in [3.63, 3.8) is 0 Å². The number of rotatable bonds is 2. The van der Waals surface area contributed by atoms with E-state index in [-0.39, 0.29) is 5.75 Å². The Morgan fingerprint density at radius 2 is 1.32 bits per heavy atom. The molecule has 2 aromatic rings. The van der Waals surface area contributed by atoms with Crippen molar-refractivity contribution < 1.29 is 14.4 Å². The average Bonchev–Trinajstić information content (AvgIpc) is 2.41. The first kappa shape index (κ1) is 15.6. The lowest BCUT2D eigenvalue weighted by Crippen LogP contribution is -1.84. The zero-order valence-corrected chi connectivity index (χ0v) is 12.4. The second-order valence-corrected chi connectivity index (χ2v) is 5.91. The highest BCUT2D eigenvalue weighted by molar-refractivity contribution is 7.98. The van der Waals surface area contributed by atoms with Crippen molar-refractivity contribution in [2.24, 2.45) is 0 Å². The minimum Gasteiger partial charge on any atom is -0.508 e. The molecule has 0 radical (unpaired) electrons. The van der Waals surface area contributed by atoms with Gasteiger partial charge in [-0.3, -0.25) is 4.21 Å². The maximum Gasteiger partial charge on any atom is 0.115 e. The average molecular weight is 296 g/mol. The standard InChI is InChI=1S/C7H8O2S.C7H8OS/c1-10(9)7-4-2-6(8)3-5-7;1-9-7-4-2-6(8)3-5-7/h2-5,8H,1H3;2-5,8H,1H3. The van der Waals surface area contributed by atoms with Gasteiger partial charge < -0.3 is 10.2 Å². The molecule has 1 atom stereocenters. The molecule has 2 aromatic carbocycles. The van der Waals surface area contributed by atoms with Crippen LogP contribution in [0, 0.1) is 0 Å². The zero-order chi connectivity index (χ0) is 14.3. The molecule has 19 heavy (non-hydrogen) atoms. The van der Waals surface area contributed by atoms with Crippen molar-refractivity contribution in [1.82, 2.24) is 0 Å². The molecule has 0 aliphatic rings. The molecule has 5 heteroatoms. The molecule has 0 aliphatic heterocycles. The van der Waals surface area contributed by atoms with Crippen molar-refractivity contribution >= 4 is 22.6 Å². The molecular formula is C14H16O3S2. The maximum absolute atomic E-state index is 10.8. The van der Waals surface area contributed by atoms with Gasteiger partial charge in [-0.05, 0) is 54.8 Å². The first-order valence-corrected chi connectivity index (χ1v) is 8.26. The predicted molar refractivity (Wildman–Crippen MR) is 80.3 cm³/mol. The van der Waals surface area contributed by atoms with E-state index >= 15 is 0 Å². The van der Waals surface area contributed by atoms with Crippen LogP contribution < -0.4 is 0 Å². The van der Waals surface area contributed by atoms with Crippen molar-refractivity contribution in [3.8, 4) is 11.5 Å². The first-order valence-electron chi connectivity index (χ1n) is 5.48. The number of aromatic hydroxyl groups is 2. The van der Waals surface area contributed by atoms with Gasteiger partial charge in [-0.1, -0.05) is 0 Å². The minimum absolute atomic E-state index is 0.203. The van der Waals surface area contributed by atoms with Gasteiger partial charge in [0.25, 0.3) is 0 Å². The van der Waals surface area contributed by atoms with Crippen molar-refractivity contribution in [1.29, 1.82) is 0 Å². The maximum atomic E-state index is 10.8. The highest BCUT2D eigenvalue weighted by Gasteiger charge is 1.94. The van der Waals surface area contributed by atoms with E-state index in [1.165, 1.54) is 17.0 Å². The largest absolute Gasteiger partial charge is 0.508 e. The van der Waals surface area contributed by atoms with Crippen molar-refractivity contribution in [2.45, 2.75) is 9.79 Å². The topological polar surface area (TPSA) is 57.5 Å². The van der Waals surface area contributed by atoms with Crippen LogP contribution in [0.25, 0.3) is 0 Å². The smallest absolute Gasteiger partial charge is 0.115 e. The van der Waals surface area contributed by atoms with Gasteiger partial charge in [0.05, 0.1) is 0 Å². The summed E-state index contributed by atoms with van der Waals surface area (Å²) in [5.41, 5.74) is 0. The molecule has 2 N–H and O–H groups in total. The van der Waals surface area contributed by atoms with Crippen LogP contribution in [0.2, 0.25) is 0 Å². The first-order chi connectivity index (χ1) is 9.02. The van der Waals surface area contributed by atoms with Crippen LogP contribution in [0.3, 0.4) is 0 Å². The van der Waals surface area contributed by atoms with E-state index < -0.39 is 10.8 Å². The molecular weight excluding hydrogens is 280 g/mol. The fourth-order valence-electron chi connectivity index (χ4n) is 1.22. The van der Waals surface area contributed by atoms with Gasteiger partial charge >= 0.3 is 0 Å². The number of benzene rings is 2. The van der Waals surface area contributed by atoms with E-state index in [4.69, 9.17) is 10.2 Å². The Balaban J connectivity index is 0.000000191. The Hall–Kier alpha value is -1.46. The third-order valence-electron chi connectivity index (χ3n) is 2.24. The number of phenols is 2. The molecule has 102 valence electrons. The number of thioether (sulfide) groups is 1. The lowest BCUT2D eigenvalue weighted by atomic mass is 10.3. The van der Waals surface area contributed by atoms with Gasteiger partial charge in [0, 0.05) is 26.8 Å². The molecule has 0 aliphatic carbocycles. The lowest BCUT2D eigenvalue weighted by molar-refractivity contribution is 0.474. The number of phenolic OH excluding ortho intramolecular Hbond substituents is 2. The van der Waals surface area contributed by atoms with Gasteiger partial charge in [-0.25, -0.2) is 0 Å². The van der Waals surface area contributed by atoms with Crippen LogP contribution >= 0.6 is 11.8 Å². The summed E-state index contributed by atoms with van der Waals surface area (Å²) in [4.78, 5) is 1.91. The highest BCUT2D eigenvalue weighted by atomic mass is 32.2.